The maximum absolute atomic E-state index is 5.64. The first-order chi connectivity index (χ1) is 9.83. The van der Waals surface area contributed by atoms with Crippen LogP contribution in [0.25, 0.3) is 0 Å². The Labute approximate surface area is 144 Å². The minimum absolute atomic E-state index is 0. The van der Waals surface area contributed by atoms with Crippen LogP contribution in [0, 0.1) is 0 Å². The van der Waals surface area contributed by atoms with Crippen molar-refractivity contribution >= 4 is 29.9 Å². The number of nitrogens with one attached hydrogen (secondary N) is 2. The van der Waals surface area contributed by atoms with Gasteiger partial charge in [0, 0.05) is 25.2 Å². The van der Waals surface area contributed by atoms with Gasteiger partial charge in [-0.2, -0.15) is 0 Å². The summed E-state index contributed by atoms with van der Waals surface area (Å²) in [6.45, 7) is 3.42. The van der Waals surface area contributed by atoms with Gasteiger partial charge in [0.15, 0.2) is 5.96 Å². The standard InChI is InChI=1S/C16H25N3O.HI/c1-3-20-15-11-7-4-8-13(15)12-18-16(17-2)19-14-9-5-6-10-14;/h4,7-8,11,14H,3,5-6,9-10,12H2,1-2H3,(H2,17,18,19);1H. The van der Waals surface area contributed by atoms with Crippen LogP contribution in [-0.4, -0.2) is 25.7 Å². The van der Waals surface area contributed by atoms with Gasteiger partial charge in [-0.15, -0.1) is 24.0 Å². The van der Waals surface area contributed by atoms with Crippen molar-refractivity contribution in [2.45, 2.75) is 45.2 Å². The monoisotopic (exact) mass is 403 g/mol. The summed E-state index contributed by atoms with van der Waals surface area (Å²) in [5, 5.41) is 6.86. The number of nitrogens with zero attached hydrogens (tertiary/aromatic N) is 1. The highest BCUT2D eigenvalue weighted by atomic mass is 127. The Morgan fingerprint density at radius 2 is 2.00 bits per heavy atom. The smallest absolute Gasteiger partial charge is 0.191 e. The number of rotatable bonds is 5. The van der Waals surface area contributed by atoms with Gasteiger partial charge in [0.25, 0.3) is 0 Å². The summed E-state index contributed by atoms with van der Waals surface area (Å²) >= 11 is 0. The summed E-state index contributed by atoms with van der Waals surface area (Å²) in [5.41, 5.74) is 1.16. The van der Waals surface area contributed by atoms with Crippen LogP contribution in [0.1, 0.15) is 38.2 Å². The quantitative estimate of drug-likeness (QED) is 0.451. The summed E-state index contributed by atoms with van der Waals surface area (Å²) in [6, 6.07) is 8.70. The van der Waals surface area contributed by atoms with Crippen molar-refractivity contribution in [2.75, 3.05) is 13.7 Å². The van der Waals surface area contributed by atoms with Crippen molar-refractivity contribution in [1.82, 2.24) is 10.6 Å². The fourth-order valence-electron chi connectivity index (χ4n) is 2.58. The van der Waals surface area contributed by atoms with E-state index in [1.54, 1.807) is 0 Å². The Morgan fingerprint density at radius 1 is 1.29 bits per heavy atom. The van der Waals surface area contributed by atoms with E-state index in [9.17, 15) is 0 Å². The van der Waals surface area contributed by atoms with Crippen molar-refractivity contribution in [3.05, 3.63) is 29.8 Å². The minimum atomic E-state index is 0. The second-order valence-electron chi connectivity index (χ2n) is 5.09. The van der Waals surface area contributed by atoms with Gasteiger partial charge >= 0.3 is 0 Å². The lowest BCUT2D eigenvalue weighted by atomic mass is 10.2. The number of ether oxygens (including phenoxy) is 1. The van der Waals surface area contributed by atoms with Crippen LogP contribution in [-0.2, 0) is 6.54 Å². The molecule has 2 rings (SSSR count). The first-order valence-electron chi connectivity index (χ1n) is 7.51. The van der Waals surface area contributed by atoms with E-state index in [4.69, 9.17) is 4.74 Å². The maximum Gasteiger partial charge on any atom is 0.191 e. The zero-order valence-corrected chi connectivity index (χ0v) is 15.2. The van der Waals surface area contributed by atoms with Crippen LogP contribution in [0.4, 0.5) is 0 Å². The van der Waals surface area contributed by atoms with Crippen molar-refractivity contribution in [3.8, 4) is 5.75 Å². The molecule has 118 valence electrons. The molecule has 0 atom stereocenters. The summed E-state index contributed by atoms with van der Waals surface area (Å²) < 4.78 is 5.64. The zero-order valence-electron chi connectivity index (χ0n) is 12.9. The predicted octanol–water partition coefficient (Wildman–Crippen LogP) is 3.31. The largest absolute Gasteiger partial charge is 0.494 e. The van der Waals surface area contributed by atoms with Crippen molar-refractivity contribution < 1.29 is 4.74 Å². The Bertz CT molecular complexity index is 445. The molecule has 0 aliphatic heterocycles. The van der Waals surface area contributed by atoms with Crippen molar-refractivity contribution in [3.63, 3.8) is 0 Å². The predicted molar refractivity (Wildman–Crippen MR) is 98.6 cm³/mol. The summed E-state index contributed by atoms with van der Waals surface area (Å²) in [5.74, 6) is 1.82. The first kappa shape index (κ1) is 18.1. The molecule has 0 spiro atoms. The molecule has 0 amide bonds. The lowest BCUT2D eigenvalue weighted by Crippen LogP contribution is -2.41. The van der Waals surface area contributed by atoms with E-state index in [0.717, 1.165) is 23.8 Å². The third-order valence-corrected chi connectivity index (χ3v) is 3.64. The van der Waals surface area contributed by atoms with E-state index in [0.29, 0.717) is 12.6 Å². The van der Waals surface area contributed by atoms with Crippen molar-refractivity contribution in [2.24, 2.45) is 4.99 Å². The van der Waals surface area contributed by atoms with E-state index in [2.05, 4.69) is 21.7 Å². The summed E-state index contributed by atoms with van der Waals surface area (Å²) in [4.78, 5) is 4.30. The lowest BCUT2D eigenvalue weighted by Gasteiger charge is -2.17. The fourth-order valence-corrected chi connectivity index (χ4v) is 2.58. The minimum Gasteiger partial charge on any atom is -0.494 e. The highest BCUT2D eigenvalue weighted by molar-refractivity contribution is 14.0. The van der Waals surface area contributed by atoms with Gasteiger partial charge in [-0.05, 0) is 25.8 Å². The second kappa shape index (κ2) is 9.87. The van der Waals surface area contributed by atoms with Gasteiger partial charge < -0.3 is 15.4 Å². The van der Waals surface area contributed by atoms with Gasteiger partial charge in [-0.25, -0.2) is 0 Å². The number of halogens is 1. The molecule has 4 nitrogen and oxygen atoms in total. The van der Waals surface area contributed by atoms with E-state index >= 15 is 0 Å². The molecule has 0 aromatic heterocycles. The van der Waals surface area contributed by atoms with Gasteiger partial charge in [-0.1, -0.05) is 31.0 Å². The van der Waals surface area contributed by atoms with Crippen LogP contribution >= 0.6 is 24.0 Å². The van der Waals surface area contributed by atoms with Crippen LogP contribution in [0.15, 0.2) is 29.3 Å². The number of aliphatic imine (C=N–C) groups is 1. The fraction of sp³-hybridized carbons (Fsp3) is 0.562. The zero-order chi connectivity index (χ0) is 14.2. The van der Waals surface area contributed by atoms with Crippen LogP contribution in [0.3, 0.4) is 0 Å². The van der Waals surface area contributed by atoms with Crippen LogP contribution < -0.4 is 15.4 Å². The van der Waals surface area contributed by atoms with Crippen molar-refractivity contribution in [1.29, 1.82) is 0 Å². The SMILES string of the molecule is CCOc1ccccc1CNC(=NC)NC1CCCC1.I. The molecular weight excluding hydrogens is 377 g/mol. The first-order valence-corrected chi connectivity index (χ1v) is 7.51. The van der Waals surface area contributed by atoms with E-state index < -0.39 is 0 Å². The molecule has 21 heavy (non-hydrogen) atoms. The Morgan fingerprint density at radius 3 is 2.67 bits per heavy atom. The topological polar surface area (TPSA) is 45.6 Å². The molecule has 5 heteroatoms. The Kier molecular flexibility index (Phi) is 8.49. The number of para-hydroxylation sites is 1. The average Bonchev–Trinajstić information content (AvgIpc) is 2.98. The van der Waals surface area contributed by atoms with Gasteiger partial charge in [0.2, 0.25) is 0 Å². The highest BCUT2D eigenvalue weighted by Crippen LogP contribution is 2.18. The number of benzene rings is 1. The molecule has 1 fully saturated rings. The molecular formula is C16H26IN3O. The molecule has 0 unspecified atom stereocenters. The van der Waals surface area contributed by atoms with Gasteiger partial charge in [0.05, 0.1) is 6.61 Å². The van der Waals surface area contributed by atoms with E-state index in [1.165, 1.54) is 25.7 Å². The molecule has 1 aromatic rings. The maximum atomic E-state index is 5.64. The summed E-state index contributed by atoms with van der Waals surface area (Å²) in [6.07, 6.45) is 5.14. The molecule has 1 saturated carbocycles. The molecule has 0 bridgehead atoms. The van der Waals surface area contributed by atoms with E-state index in [-0.39, 0.29) is 24.0 Å². The lowest BCUT2D eigenvalue weighted by molar-refractivity contribution is 0.336. The normalized spacial score (nSPS) is 15.4. The number of hydrogen-bond donors (Lipinski definition) is 2. The van der Waals surface area contributed by atoms with Crippen LogP contribution in [0.5, 0.6) is 5.75 Å². The molecule has 1 aromatic carbocycles. The second-order valence-corrected chi connectivity index (χ2v) is 5.09. The molecule has 2 N–H and O–H groups in total. The van der Waals surface area contributed by atoms with Gasteiger partial charge in [0.1, 0.15) is 5.75 Å². The Balaban J connectivity index is 0.00000220. The third kappa shape index (κ3) is 5.73. The molecule has 1 aliphatic carbocycles. The third-order valence-electron chi connectivity index (χ3n) is 3.64. The molecule has 1 aliphatic rings. The summed E-state index contributed by atoms with van der Waals surface area (Å²) in [7, 11) is 1.82. The van der Waals surface area contributed by atoms with E-state index in [1.807, 2.05) is 32.2 Å². The Hall–Kier alpha value is -0.980. The number of guanidine groups is 1. The highest BCUT2D eigenvalue weighted by Gasteiger charge is 2.15. The molecule has 0 saturated heterocycles. The van der Waals surface area contributed by atoms with Gasteiger partial charge in [-0.3, -0.25) is 4.99 Å². The van der Waals surface area contributed by atoms with Crippen LogP contribution in [0.2, 0.25) is 0 Å². The molecule has 0 heterocycles. The number of hydrogen-bond acceptors (Lipinski definition) is 2. The average molecular weight is 403 g/mol. The molecule has 0 radical (unpaired) electrons.